The smallest absolute Gasteiger partial charge is 0.537 e. The van der Waals surface area contributed by atoms with Crippen molar-refractivity contribution >= 4 is 19.3 Å². The van der Waals surface area contributed by atoms with Gasteiger partial charge in [0, 0.05) is 5.02 Å². The summed E-state index contributed by atoms with van der Waals surface area (Å²) in [5.41, 5.74) is 5.11. The Morgan fingerprint density at radius 2 is 1.03 bits per heavy atom. The molecule has 0 fully saturated rings. The van der Waals surface area contributed by atoms with E-state index in [1.165, 1.54) is 22.3 Å². The Labute approximate surface area is 185 Å². The third-order valence-electron chi connectivity index (χ3n) is 4.10. The zero-order chi connectivity index (χ0) is 21.6. The molecule has 4 heteroatoms. The maximum atomic E-state index is 8.17. The normalized spacial score (nSPS) is 9.33. The maximum Gasteiger partial charge on any atom is 0.569 e. The van der Waals surface area contributed by atoms with Gasteiger partial charge >= 0.3 is 7.69 Å². The molecule has 4 rings (SSSR count). The quantitative estimate of drug-likeness (QED) is 0.369. The second-order valence-corrected chi connectivity index (χ2v) is 7.00. The second kappa shape index (κ2) is 13.3. The van der Waals surface area contributed by atoms with E-state index in [0.29, 0.717) is 13.4 Å². The van der Waals surface area contributed by atoms with Gasteiger partial charge in [0.25, 0.3) is 0 Å². The minimum Gasteiger partial charge on any atom is -0.537 e. The Morgan fingerprint density at radius 1 is 0.600 bits per heavy atom. The fourth-order valence-electron chi connectivity index (χ4n) is 2.47. The molecule has 4 aromatic carbocycles. The first-order valence-corrected chi connectivity index (χ1v) is 9.98. The number of aryl methyl sites for hydroxylation is 2. The molecule has 0 aliphatic rings. The summed E-state index contributed by atoms with van der Waals surface area (Å²) in [5, 5.41) is 8.97. The first-order chi connectivity index (χ1) is 14.6. The average molecular weight is 416 g/mol. The molecule has 0 amide bonds. The lowest BCUT2D eigenvalue weighted by molar-refractivity contribution is 0.454. The number of rotatable bonds is 3. The molecule has 0 saturated carbocycles. The predicted octanol–water partition coefficient (Wildman–Crippen LogP) is 6.90. The van der Waals surface area contributed by atoms with Crippen LogP contribution in [0.3, 0.4) is 0 Å². The molecule has 0 aliphatic carbocycles. The summed E-state index contributed by atoms with van der Waals surface area (Å²) in [6, 6.07) is 35.8. The van der Waals surface area contributed by atoms with Crippen LogP contribution in [0, 0.1) is 13.8 Å². The first-order valence-electron chi connectivity index (χ1n) is 9.60. The zero-order valence-corrected chi connectivity index (χ0v) is 18.0. The van der Waals surface area contributed by atoms with E-state index in [1.807, 2.05) is 55.5 Å². The largest absolute Gasteiger partial charge is 0.569 e. The van der Waals surface area contributed by atoms with Crippen LogP contribution in [0.1, 0.15) is 11.1 Å². The minimum absolute atomic E-state index is 0.639. The number of para-hydroxylation sites is 1. The third kappa shape index (κ3) is 9.00. The van der Waals surface area contributed by atoms with Crippen LogP contribution in [0.2, 0.25) is 5.02 Å². The van der Waals surface area contributed by atoms with Crippen molar-refractivity contribution in [3.8, 4) is 16.9 Å². The molecule has 0 spiro atoms. The SMILES string of the molecule is Cc1ccc(-c2ccccc2)cc1.Cc1ccc(Cl)cc1.O[B]Oc1ccccc1. The molecule has 0 bridgehead atoms. The highest BCUT2D eigenvalue weighted by molar-refractivity contribution is 6.30. The molecule has 1 N–H and O–H groups in total. The van der Waals surface area contributed by atoms with Gasteiger partial charge in [0.05, 0.1) is 5.75 Å². The molecular formula is C26H25BClO2. The van der Waals surface area contributed by atoms with Gasteiger partial charge in [-0.25, -0.2) is 0 Å². The monoisotopic (exact) mass is 415 g/mol. The van der Waals surface area contributed by atoms with Gasteiger partial charge in [-0.2, -0.15) is 0 Å². The molecular weight excluding hydrogens is 391 g/mol. The van der Waals surface area contributed by atoms with Crippen LogP contribution >= 0.6 is 11.6 Å². The Kier molecular flexibility index (Phi) is 10.3. The van der Waals surface area contributed by atoms with Gasteiger partial charge in [0.15, 0.2) is 0 Å². The van der Waals surface area contributed by atoms with Crippen molar-refractivity contribution in [3.63, 3.8) is 0 Å². The lowest BCUT2D eigenvalue weighted by Crippen LogP contribution is -1.98. The van der Waals surface area contributed by atoms with Gasteiger partial charge < -0.3 is 9.68 Å². The fourth-order valence-corrected chi connectivity index (χ4v) is 2.60. The molecule has 151 valence electrons. The highest BCUT2D eigenvalue weighted by atomic mass is 35.5. The Morgan fingerprint density at radius 3 is 1.50 bits per heavy atom. The Bertz CT molecular complexity index is 936. The molecule has 2 nitrogen and oxygen atoms in total. The maximum absolute atomic E-state index is 8.17. The lowest BCUT2D eigenvalue weighted by atomic mass is 10.0. The van der Waals surface area contributed by atoms with E-state index < -0.39 is 0 Å². The van der Waals surface area contributed by atoms with E-state index in [9.17, 15) is 0 Å². The highest BCUT2D eigenvalue weighted by Gasteiger charge is 1.94. The molecule has 30 heavy (non-hydrogen) atoms. The van der Waals surface area contributed by atoms with Crippen molar-refractivity contribution in [3.05, 3.63) is 125 Å². The number of benzene rings is 4. The molecule has 4 aromatic rings. The van der Waals surface area contributed by atoms with Crippen LogP contribution in [0.5, 0.6) is 5.75 Å². The summed E-state index contributed by atoms with van der Waals surface area (Å²) in [5.74, 6) is 0.639. The fraction of sp³-hybridized carbons (Fsp3) is 0.0769. The summed E-state index contributed by atoms with van der Waals surface area (Å²) in [4.78, 5) is 0. The van der Waals surface area contributed by atoms with E-state index in [1.54, 1.807) is 12.1 Å². The van der Waals surface area contributed by atoms with E-state index >= 15 is 0 Å². The summed E-state index contributed by atoms with van der Waals surface area (Å²) < 4.78 is 4.64. The van der Waals surface area contributed by atoms with Gasteiger partial charge in [0.1, 0.15) is 0 Å². The standard InChI is InChI=1S/C13H12.C7H7Cl.C6H6BO2/c1-11-7-9-13(10-8-11)12-5-3-2-4-6-12;1-6-2-4-7(8)5-3-6;8-7-9-6-4-2-1-3-5-6/h2-10H,1H3;2-5H,1H3;1-5,8H. The Balaban J connectivity index is 0.000000167. The van der Waals surface area contributed by atoms with Crippen LogP contribution < -0.4 is 4.65 Å². The van der Waals surface area contributed by atoms with Gasteiger partial charge in [-0.05, 0) is 49.2 Å². The molecule has 0 aliphatic heterocycles. The van der Waals surface area contributed by atoms with E-state index in [4.69, 9.17) is 16.6 Å². The molecule has 0 unspecified atom stereocenters. The summed E-state index contributed by atoms with van der Waals surface area (Å²) in [6.07, 6.45) is 0. The number of hydrogen-bond acceptors (Lipinski definition) is 2. The predicted molar refractivity (Wildman–Crippen MR) is 128 cm³/mol. The number of halogens is 1. The van der Waals surface area contributed by atoms with Crippen LogP contribution in [0.4, 0.5) is 0 Å². The van der Waals surface area contributed by atoms with Crippen LogP contribution in [-0.2, 0) is 0 Å². The van der Waals surface area contributed by atoms with Crippen LogP contribution in [0.15, 0.2) is 109 Å². The van der Waals surface area contributed by atoms with Crippen molar-refractivity contribution in [2.45, 2.75) is 13.8 Å². The lowest BCUT2D eigenvalue weighted by Gasteiger charge is -2.00. The molecule has 0 atom stereocenters. The van der Waals surface area contributed by atoms with Crippen LogP contribution in [0.25, 0.3) is 11.1 Å². The second-order valence-electron chi connectivity index (χ2n) is 6.56. The third-order valence-corrected chi connectivity index (χ3v) is 4.35. The summed E-state index contributed by atoms with van der Waals surface area (Å²) >= 11 is 5.61. The molecule has 1 radical (unpaired) electrons. The zero-order valence-electron chi connectivity index (χ0n) is 17.2. The van der Waals surface area contributed by atoms with E-state index in [0.717, 1.165) is 5.02 Å². The van der Waals surface area contributed by atoms with Gasteiger partial charge in [0.2, 0.25) is 0 Å². The number of hydrogen-bond donors (Lipinski definition) is 1. The van der Waals surface area contributed by atoms with Crippen molar-refractivity contribution in [2.24, 2.45) is 0 Å². The van der Waals surface area contributed by atoms with Crippen molar-refractivity contribution in [1.29, 1.82) is 0 Å². The van der Waals surface area contributed by atoms with Crippen molar-refractivity contribution in [2.75, 3.05) is 0 Å². The summed E-state index contributed by atoms with van der Waals surface area (Å²) in [7, 11) is 0.662. The summed E-state index contributed by atoms with van der Waals surface area (Å²) in [6.45, 7) is 4.14. The van der Waals surface area contributed by atoms with Crippen molar-refractivity contribution in [1.82, 2.24) is 0 Å². The van der Waals surface area contributed by atoms with E-state index in [2.05, 4.69) is 60.1 Å². The van der Waals surface area contributed by atoms with Crippen molar-refractivity contribution < 1.29 is 9.68 Å². The minimum atomic E-state index is 0.639. The highest BCUT2D eigenvalue weighted by Crippen LogP contribution is 2.18. The Hall–Kier alpha value is -3.01. The van der Waals surface area contributed by atoms with E-state index in [-0.39, 0.29) is 0 Å². The molecule has 0 heterocycles. The topological polar surface area (TPSA) is 29.5 Å². The van der Waals surface area contributed by atoms with Gasteiger partial charge in [-0.3, -0.25) is 0 Å². The van der Waals surface area contributed by atoms with Gasteiger partial charge in [-0.1, -0.05) is 108 Å². The molecule has 0 aromatic heterocycles. The van der Waals surface area contributed by atoms with Crippen LogP contribution in [-0.4, -0.2) is 12.7 Å². The molecule has 0 saturated heterocycles. The average Bonchev–Trinajstić information content (AvgIpc) is 2.79. The van der Waals surface area contributed by atoms with Gasteiger partial charge in [-0.15, -0.1) is 0 Å². The first kappa shape index (κ1) is 23.3.